The van der Waals surface area contributed by atoms with Crippen molar-refractivity contribution in [1.82, 2.24) is 0 Å². The van der Waals surface area contributed by atoms with Crippen LogP contribution in [-0.2, 0) is 4.79 Å². The van der Waals surface area contributed by atoms with Gasteiger partial charge in [0.2, 0.25) is 0 Å². The van der Waals surface area contributed by atoms with Crippen LogP contribution in [0.2, 0.25) is 0 Å². The molecular formula is C9H12O3. The molecule has 0 aliphatic heterocycles. The Morgan fingerprint density at radius 1 is 1.50 bits per heavy atom. The number of rotatable bonds is 3. The molecule has 0 aromatic carbocycles. The van der Waals surface area contributed by atoms with Crippen LogP contribution in [0.15, 0.2) is 24.3 Å². The molecule has 2 N–H and O–H groups in total. The van der Waals surface area contributed by atoms with Gasteiger partial charge in [0.15, 0.2) is 0 Å². The van der Waals surface area contributed by atoms with Crippen molar-refractivity contribution in [2.75, 3.05) is 0 Å². The van der Waals surface area contributed by atoms with E-state index in [0.29, 0.717) is 6.42 Å². The molecule has 1 atom stereocenters. The average molecular weight is 168 g/mol. The fourth-order valence-electron chi connectivity index (χ4n) is 1.16. The molecule has 0 aromatic rings. The first-order chi connectivity index (χ1) is 5.62. The van der Waals surface area contributed by atoms with Crippen molar-refractivity contribution >= 4 is 5.97 Å². The van der Waals surface area contributed by atoms with Crippen molar-refractivity contribution in [3.8, 4) is 0 Å². The second-order valence-corrected chi connectivity index (χ2v) is 2.99. The largest absolute Gasteiger partial charge is 0.481 e. The van der Waals surface area contributed by atoms with Gasteiger partial charge in [-0.15, -0.1) is 0 Å². The van der Waals surface area contributed by atoms with Crippen molar-refractivity contribution in [1.29, 1.82) is 0 Å². The molecule has 66 valence electrons. The molecule has 3 nitrogen and oxygen atoms in total. The number of aliphatic carboxylic acids is 1. The Morgan fingerprint density at radius 2 is 2.25 bits per heavy atom. The summed E-state index contributed by atoms with van der Waals surface area (Å²) in [6.07, 6.45) is 7.87. The molecule has 1 rings (SSSR count). The van der Waals surface area contributed by atoms with Crippen molar-refractivity contribution in [3.63, 3.8) is 0 Å². The first kappa shape index (κ1) is 9.00. The molecule has 0 saturated heterocycles. The number of carboxylic acids is 1. The highest BCUT2D eigenvalue weighted by atomic mass is 16.4. The fraction of sp³-hybridized carbons (Fsp3) is 0.444. The van der Waals surface area contributed by atoms with Crippen LogP contribution < -0.4 is 0 Å². The molecule has 3 heteroatoms. The molecule has 1 unspecified atom stereocenters. The zero-order chi connectivity index (χ0) is 9.03. The number of hydrogen-bond acceptors (Lipinski definition) is 2. The second-order valence-electron chi connectivity index (χ2n) is 2.99. The first-order valence-corrected chi connectivity index (χ1v) is 3.91. The van der Waals surface area contributed by atoms with Gasteiger partial charge in [0.05, 0.1) is 5.60 Å². The Labute approximate surface area is 71.0 Å². The SMILES string of the molecule is O=C(O)CCC1(O)C=CC=CC1. The summed E-state index contributed by atoms with van der Waals surface area (Å²) in [6, 6.07) is 0. The summed E-state index contributed by atoms with van der Waals surface area (Å²) in [5, 5.41) is 18.1. The molecule has 1 aliphatic rings. The minimum atomic E-state index is -0.937. The first-order valence-electron chi connectivity index (χ1n) is 3.91. The van der Waals surface area contributed by atoms with Gasteiger partial charge >= 0.3 is 5.97 Å². The maximum Gasteiger partial charge on any atom is 0.303 e. The van der Waals surface area contributed by atoms with Crippen LogP contribution in [0.1, 0.15) is 19.3 Å². The fourth-order valence-corrected chi connectivity index (χ4v) is 1.16. The van der Waals surface area contributed by atoms with Gasteiger partial charge in [-0.25, -0.2) is 0 Å². The van der Waals surface area contributed by atoms with Crippen molar-refractivity contribution < 1.29 is 15.0 Å². The van der Waals surface area contributed by atoms with E-state index in [4.69, 9.17) is 5.11 Å². The lowest BCUT2D eigenvalue weighted by Crippen LogP contribution is -2.27. The summed E-state index contributed by atoms with van der Waals surface area (Å²) in [4.78, 5) is 10.2. The molecule has 1 aliphatic carbocycles. The molecule has 0 amide bonds. The van der Waals surface area contributed by atoms with Crippen molar-refractivity contribution in [2.45, 2.75) is 24.9 Å². The minimum absolute atomic E-state index is 0.00861. The Bertz CT molecular complexity index is 230. The van der Waals surface area contributed by atoms with Crippen LogP contribution in [0.25, 0.3) is 0 Å². The van der Waals surface area contributed by atoms with Crippen LogP contribution in [0.3, 0.4) is 0 Å². The van der Waals surface area contributed by atoms with Crippen LogP contribution >= 0.6 is 0 Å². The molecule has 0 aromatic heterocycles. The third-order valence-corrected chi connectivity index (χ3v) is 1.90. The molecular weight excluding hydrogens is 156 g/mol. The van der Waals surface area contributed by atoms with E-state index in [1.54, 1.807) is 12.2 Å². The molecule has 0 radical (unpaired) electrons. The van der Waals surface area contributed by atoms with E-state index in [2.05, 4.69) is 0 Å². The van der Waals surface area contributed by atoms with E-state index >= 15 is 0 Å². The maximum absolute atomic E-state index is 10.2. The smallest absolute Gasteiger partial charge is 0.303 e. The summed E-state index contributed by atoms with van der Waals surface area (Å²) < 4.78 is 0. The number of carbonyl (C=O) groups is 1. The van der Waals surface area contributed by atoms with Gasteiger partial charge in [-0.3, -0.25) is 4.79 Å². The molecule has 12 heavy (non-hydrogen) atoms. The molecule has 0 bridgehead atoms. The summed E-state index contributed by atoms with van der Waals surface area (Å²) in [7, 11) is 0. The summed E-state index contributed by atoms with van der Waals surface area (Å²) in [5.41, 5.74) is -0.937. The Morgan fingerprint density at radius 3 is 2.75 bits per heavy atom. The molecule has 0 saturated carbocycles. The number of hydrogen-bond donors (Lipinski definition) is 2. The van der Waals surface area contributed by atoms with Crippen LogP contribution in [0, 0.1) is 0 Å². The third kappa shape index (κ3) is 2.51. The topological polar surface area (TPSA) is 57.5 Å². The van der Waals surface area contributed by atoms with Crippen molar-refractivity contribution in [2.24, 2.45) is 0 Å². The number of allylic oxidation sites excluding steroid dienone is 2. The van der Waals surface area contributed by atoms with Gasteiger partial charge in [-0.05, 0) is 12.8 Å². The maximum atomic E-state index is 10.2. The Hall–Kier alpha value is -1.09. The van der Waals surface area contributed by atoms with E-state index in [9.17, 15) is 9.90 Å². The Kier molecular flexibility index (Phi) is 2.65. The highest BCUT2D eigenvalue weighted by molar-refractivity contribution is 5.66. The van der Waals surface area contributed by atoms with E-state index < -0.39 is 11.6 Å². The van der Waals surface area contributed by atoms with E-state index in [-0.39, 0.29) is 12.8 Å². The predicted octanol–water partition coefficient (Wildman–Crippen LogP) is 1.10. The highest BCUT2D eigenvalue weighted by Crippen LogP contribution is 2.22. The predicted molar refractivity (Wildman–Crippen MR) is 44.7 cm³/mol. The van der Waals surface area contributed by atoms with Gasteiger partial charge in [0, 0.05) is 6.42 Å². The second kappa shape index (κ2) is 3.54. The van der Waals surface area contributed by atoms with Gasteiger partial charge in [0.1, 0.15) is 0 Å². The normalized spacial score (nSPS) is 27.4. The van der Waals surface area contributed by atoms with Crippen LogP contribution in [0.4, 0.5) is 0 Å². The lowest BCUT2D eigenvalue weighted by molar-refractivity contribution is -0.138. The average Bonchev–Trinajstić information content (AvgIpc) is 2.03. The van der Waals surface area contributed by atoms with Crippen LogP contribution in [-0.4, -0.2) is 21.8 Å². The Balaban J connectivity index is 2.44. The number of aliphatic hydroxyl groups is 1. The summed E-state index contributed by atoms with van der Waals surface area (Å²) in [6.45, 7) is 0. The quantitative estimate of drug-likeness (QED) is 0.663. The molecule has 0 heterocycles. The third-order valence-electron chi connectivity index (χ3n) is 1.90. The van der Waals surface area contributed by atoms with Gasteiger partial charge in [-0.1, -0.05) is 24.3 Å². The molecule has 0 fully saturated rings. The standard InChI is InChI=1S/C9H12O3/c10-8(11)4-7-9(12)5-2-1-3-6-9/h1-3,5,12H,4,6-7H2,(H,10,11). The molecule has 0 spiro atoms. The van der Waals surface area contributed by atoms with Gasteiger partial charge in [-0.2, -0.15) is 0 Å². The van der Waals surface area contributed by atoms with Crippen molar-refractivity contribution in [3.05, 3.63) is 24.3 Å². The monoisotopic (exact) mass is 168 g/mol. The zero-order valence-corrected chi connectivity index (χ0v) is 6.73. The lowest BCUT2D eigenvalue weighted by Gasteiger charge is -2.23. The summed E-state index contributed by atoms with van der Waals surface area (Å²) in [5.74, 6) is -0.869. The van der Waals surface area contributed by atoms with E-state index in [1.807, 2.05) is 12.2 Å². The van der Waals surface area contributed by atoms with Gasteiger partial charge < -0.3 is 10.2 Å². The van der Waals surface area contributed by atoms with E-state index in [0.717, 1.165) is 0 Å². The lowest BCUT2D eigenvalue weighted by atomic mass is 9.90. The van der Waals surface area contributed by atoms with Gasteiger partial charge in [0.25, 0.3) is 0 Å². The highest BCUT2D eigenvalue weighted by Gasteiger charge is 2.23. The zero-order valence-electron chi connectivity index (χ0n) is 6.73. The minimum Gasteiger partial charge on any atom is -0.481 e. The number of carboxylic acid groups (broad SMARTS) is 1. The summed E-state index contributed by atoms with van der Waals surface area (Å²) >= 11 is 0. The van der Waals surface area contributed by atoms with E-state index in [1.165, 1.54) is 0 Å². The van der Waals surface area contributed by atoms with Crippen LogP contribution in [0.5, 0.6) is 0 Å².